The topological polar surface area (TPSA) is 102 Å². The maximum Gasteiger partial charge on any atom is 0.264 e. The van der Waals surface area contributed by atoms with Crippen LogP contribution in [0.1, 0.15) is 67.4 Å². The zero-order valence-corrected chi connectivity index (χ0v) is 26.6. The first-order chi connectivity index (χ1) is 20.6. The van der Waals surface area contributed by atoms with Crippen molar-refractivity contribution in [3.05, 3.63) is 70.3 Å². The van der Waals surface area contributed by atoms with E-state index in [1.165, 1.54) is 0 Å². The second kappa shape index (κ2) is 13.0. The van der Waals surface area contributed by atoms with Gasteiger partial charge in [-0.3, -0.25) is 9.59 Å². The molecule has 10 heteroatoms. The van der Waals surface area contributed by atoms with Crippen LogP contribution in [0.3, 0.4) is 0 Å². The maximum absolute atomic E-state index is 13.3. The van der Waals surface area contributed by atoms with Gasteiger partial charge in [-0.2, -0.15) is 0 Å². The van der Waals surface area contributed by atoms with Gasteiger partial charge in [0, 0.05) is 36.7 Å². The number of anilines is 1. The Morgan fingerprint density at radius 3 is 2.65 bits per heavy atom. The highest BCUT2D eigenvalue weighted by Crippen LogP contribution is 2.45. The van der Waals surface area contributed by atoms with Gasteiger partial charge in [0.1, 0.15) is 18.0 Å². The number of halogens is 1. The number of hydrogen-bond acceptors (Lipinski definition) is 7. The fourth-order valence-electron chi connectivity index (χ4n) is 6.51. The standard InChI is InChI=1S/C33H41ClN2O6S/c1-22-7-6-15-33(21-37,41-3)29-13-10-26(29)19-36-16-5-4-8-24-17-28(34)12-9-27(24)20-42-31-14-11-25(18-30(31)36)32(38)35-43(39,40)23(22)2/h6,9,11-12,14-15,17-18,21-23,26,29H,4-5,7-8,10,13,16,19-20H2,1-3H3,(H,35,38)/b15-6+/t22-,23+,26-,29+,33+/m0/s1. The van der Waals surface area contributed by atoms with E-state index in [0.717, 1.165) is 55.2 Å². The SMILES string of the molecule is CO[C@@]1(C=O)/C=C/C[C@H](C)[C@@H](C)S(=O)(=O)NC(=O)c2ccc3c(c2)N(CCCCc2cc(Cl)ccc2CO3)C[C@@H]2CC[C@H]21. The summed E-state index contributed by atoms with van der Waals surface area (Å²) in [4.78, 5) is 28.2. The summed E-state index contributed by atoms with van der Waals surface area (Å²) in [6.07, 6.45) is 9.43. The van der Waals surface area contributed by atoms with Gasteiger partial charge >= 0.3 is 0 Å². The molecule has 0 aromatic heterocycles. The van der Waals surface area contributed by atoms with E-state index in [2.05, 4.69) is 9.62 Å². The number of methoxy groups -OCH3 is 1. The summed E-state index contributed by atoms with van der Waals surface area (Å²) in [5.41, 5.74) is 2.09. The molecule has 5 rings (SSSR count). The van der Waals surface area contributed by atoms with E-state index in [1.807, 2.05) is 37.3 Å². The van der Waals surface area contributed by atoms with E-state index >= 15 is 0 Å². The van der Waals surface area contributed by atoms with Crippen molar-refractivity contribution in [1.29, 1.82) is 0 Å². The predicted octanol–water partition coefficient (Wildman–Crippen LogP) is 5.72. The van der Waals surface area contributed by atoms with Crippen LogP contribution in [0.25, 0.3) is 0 Å². The summed E-state index contributed by atoms with van der Waals surface area (Å²) in [6.45, 7) is 5.09. The van der Waals surface area contributed by atoms with Crippen LogP contribution in [-0.2, 0) is 32.6 Å². The molecule has 0 saturated heterocycles. The molecule has 5 atom stereocenters. The number of aldehydes is 1. The number of amides is 1. The second-order valence-electron chi connectivity index (χ2n) is 12.2. The lowest BCUT2D eigenvalue weighted by Gasteiger charge is -2.47. The molecule has 1 amide bonds. The van der Waals surface area contributed by atoms with Gasteiger partial charge in [-0.15, -0.1) is 0 Å². The molecule has 8 nitrogen and oxygen atoms in total. The first-order valence-corrected chi connectivity index (χ1v) is 17.0. The molecule has 2 bridgehead atoms. The molecular formula is C33H41ClN2O6S. The number of allylic oxidation sites excluding steroid dienone is 1. The molecular weight excluding hydrogens is 588 g/mol. The van der Waals surface area contributed by atoms with Gasteiger partial charge < -0.3 is 14.4 Å². The van der Waals surface area contributed by atoms with E-state index in [1.54, 1.807) is 32.2 Å². The van der Waals surface area contributed by atoms with Crippen LogP contribution in [0, 0.1) is 17.8 Å². The quantitative estimate of drug-likeness (QED) is 0.335. The van der Waals surface area contributed by atoms with E-state index in [-0.39, 0.29) is 23.3 Å². The molecule has 2 aliphatic heterocycles. The minimum atomic E-state index is -3.97. The Morgan fingerprint density at radius 2 is 1.93 bits per heavy atom. The summed E-state index contributed by atoms with van der Waals surface area (Å²) >= 11 is 6.31. The third-order valence-corrected chi connectivity index (χ3v) is 11.8. The number of benzene rings is 2. The van der Waals surface area contributed by atoms with Gasteiger partial charge in [0.25, 0.3) is 5.91 Å². The molecule has 2 aromatic carbocycles. The van der Waals surface area contributed by atoms with Crippen LogP contribution in [0.5, 0.6) is 5.75 Å². The van der Waals surface area contributed by atoms with Gasteiger partial charge in [0.15, 0.2) is 6.29 Å². The van der Waals surface area contributed by atoms with E-state index in [4.69, 9.17) is 21.1 Å². The number of nitrogens with one attached hydrogen (secondary N) is 1. The Hall–Kier alpha value is -2.88. The Labute approximate surface area is 259 Å². The largest absolute Gasteiger partial charge is 0.487 e. The summed E-state index contributed by atoms with van der Waals surface area (Å²) in [7, 11) is -2.41. The average Bonchev–Trinajstić information content (AvgIpc) is 3.00. The molecule has 1 fully saturated rings. The number of hydrogen-bond donors (Lipinski definition) is 1. The number of rotatable bonds is 2. The number of fused-ring (bicyclic) bond motifs is 3. The minimum Gasteiger partial charge on any atom is -0.487 e. The van der Waals surface area contributed by atoms with Gasteiger partial charge in [-0.1, -0.05) is 30.7 Å². The number of ether oxygens (including phenoxy) is 2. The van der Waals surface area contributed by atoms with Crippen molar-refractivity contribution in [2.75, 3.05) is 25.1 Å². The fraction of sp³-hybridized carbons (Fsp3) is 0.515. The average molecular weight is 629 g/mol. The number of aryl methyl sites for hydroxylation is 1. The molecule has 1 aliphatic carbocycles. The van der Waals surface area contributed by atoms with Crippen LogP contribution in [0.2, 0.25) is 5.02 Å². The van der Waals surface area contributed by atoms with E-state index < -0.39 is 26.8 Å². The van der Waals surface area contributed by atoms with Crippen molar-refractivity contribution in [2.24, 2.45) is 17.8 Å². The summed E-state index contributed by atoms with van der Waals surface area (Å²) in [5.74, 6) is -0.224. The predicted molar refractivity (Wildman–Crippen MR) is 168 cm³/mol. The number of carbonyl (C=O) groups excluding carboxylic acids is 2. The smallest absolute Gasteiger partial charge is 0.264 e. The molecule has 3 aliphatic rings. The van der Waals surface area contributed by atoms with Crippen molar-refractivity contribution < 1.29 is 27.5 Å². The van der Waals surface area contributed by atoms with Crippen molar-refractivity contribution in [2.45, 2.75) is 69.8 Å². The Kier molecular flexibility index (Phi) is 9.54. The molecule has 0 spiro atoms. The number of sulfonamides is 1. The highest BCUT2D eigenvalue weighted by Gasteiger charge is 2.47. The van der Waals surface area contributed by atoms with Gasteiger partial charge in [0.2, 0.25) is 10.0 Å². The molecule has 0 radical (unpaired) electrons. The zero-order valence-electron chi connectivity index (χ0n) is 25.1. The molecule has 232 valence electrons. The first kappa shape index (κ1) is 31.5. The lowest BCUT2D eigenvalue weighted by Crippen LogP contribution is -2.52. The number of nitrogens with zero attached hydrogens (tertiary/aromatic N) is 1. The van der Waals surface area contributed by atoms with Crippen LogP contribution in [-0.4, -0.2) is 51.7 Å². The van der Waals surface area contributed by atoms with Crippen LogP contribution >= 0.6 is 11.6 Å². The minimum absolute atomic E-state index is 0.0314. The third kappa shape index (κ3) is 6.64. The fourth-order valence-corrected chi connectivity index (χ4v) is 7.99. The van der Waals surface area contributed by atoms with Gasteiger partial charge in [0.05, 0.1) is 10.9 Å². The molecule has 2 aromatic rings. The Morgan fingerprint density at radius 1 is 1.12 bits per heavy atom. The van der Waals surface area contributed by atoms with Gasteiger partial charge in [-0.25, -0.2) is 13.1 Å². The van der Waals surface area contributed by atoms with Crippen LogP contribution in [0.4, 0.5) is 5.69 Å². The normalized spacial score (nSPS) is 30.2. The second-order valence-corrected chi connectivity index (χ2v) is 14.7. The summed E-state index contributed by atoms with van der Waals surface area (Å²) in [6, 6.07) is 10.9. The molecule has 1 N–H and O–H groups in total. The number of carbonyl (C=O) groups is 2. The molecule has 43 heavy (non-hydrogen) atoms. The molecule has 0 unspecified atom stereocenters. The molecule has 1 saturated carbocycles. The van der Waals surface area contributed by atoms with Crippen molar-refractivity contribution >= 4 is 39.5 Å². The van der Waals surface area contributed by atoms with Crippen LogP contribution < -0.4 is 14.4 Å². The highest BCUT2D eigenvalue weighted by atomic mass is 35.5. The first-order valence-electron chi connectivity index (χ1n) is 15.1. The van der Waals surface area contributed by atoms with Crippen LogP contribution in [0.15, 0.2) is 48.6 Å². The zero-order chi connectivity index (χ0) is 30.8. The lowest BCUT2D eigenvalue weighted by molar-refractivity contribution is -0.135. The Balaban J connectivity index is 1.58. The summed E-state index contributed by atoms with van der Waals surface area (Å²) in [5, 5.41) is -0.150. The maximum atomic E-state index is 13.3. The third-order valence-electron chi connectivity index (χ3n) is 9.64. The summed E-state index contributed by atoms with van der Waals surface area (Å²) < 4.78 is 41.1. The monoisotopic (exact) mass is 628 g/mol. The van der Waals surface area contributed by atoms with Crippen molar-refractivity contribution in [3.63, 3.8) is 0 Å². The highest BCUT2D eigenvalue weighted by molar-refractivity contribution is 7.90. The van der Waals surface area contributed by atoms with E-state index in [9.17, 15) is 18.0 Å². The van der Waals surface area contributed by atoms with Crippen molar-refractivity contribution in [3.8, 4) is 5.75 Å². The lowest BCUT2D eigenvalue weighted by atomic mass is 9.64. The van der Waals surface area contributed by atoms with Gasteiger partial charge in [-0.05, 0) is 105 Å². The van der Waals surface area contributed by atoms with E-state index in [0.29, 0.717) is 36.9 Å². The Bertz CT molecular complexity index is 1490. The van der Waals surface area contributed by atoms with Crippen molar-refractivity contribution in [1.82, 2.24) is 4.72 Å². The molecule has 2 heterocycles.